The Bertz CT molecular complexity index is 134. The molecule has 1 heterocycles. The third-order valence-electron chi connectivity index (χ3n) is 1.47. The van der Waals surface area contributed by atoms with Crippen LogP contribution in [0, 0.1) is 0 Å². The van der Waals surface area contributed by atoms with Crippen LogP contribution in [0.15, 0.2) is 0 Å². The number of carbonyl (C=O) groups is 1. The van der Waals surface area contributed by atoms with Crippen molar-refractivity contribution in [3.05, 3.63) is 0 Å². The second kappa shape index (κ2) is 3.25. The van der Waals surface area contributed by atoms with Crippen LogP contribution in [-0.4, -0.2) is 47.1 Å². The van der Waals surface area contributed by atoms with Crippen LogP contribution in [0.1, 0.15) is 0 Å². The molecule has 58 valence electrons. The van der Waals surface area contributed by atoms with Gasteiger partial charge in [0.15, 0.2) is 0 Å². The fourth-order valence-corrected chi connectivity index (χ4v) is 2.03. The zero-order valence-electron chi connectivity index (χ0n) is 5.91. The Hall–Kier alpha value is -0.220. The number of aliphatic carboxylic acids is 1. The first-order valence-electron chi connectivity index (χ1n) is 3.20. The van der Waals surface area contributed by atoms with Gasteiger partial charge in [-0.2, -0.15) is 0 Å². The van der Waals surface area contributed by atoms with Crippen molar-refractivity contribution in [1.82, 2.24) is 4.90 Å². The molecule has 1 saturated heterocycles. The molecule has 10 heavy (non-hydrogen) atoms. The molecule has 0 aromatic carbocycles. The van der Waals surface area contributed by atoms with Crippen molar-refractivity contribution in [2.24, 2.45) is 0 Å². The van der Waals surface area contributed by atoms with Gasteiger partial charge in [-0.3, -0.25) is 4.79 Å². The molecule has 4 heteroatoms. The number of carboxylic acid groups (broad SMARTS) is 1. The monoisotopic (exact) mass is 161 g/mol. The summed E-state index contributed by atoms with van der Waals surface area (Å²) in [6.07, 6.45) is 0. The van der Waals surface area contributed by atoms with Gasteiger partial charge in [0.2, 0.25) is 0 Å². The summed E-state index contributed by atoms with van der Waals surface area (Å²) < 4.78 is 0. The SMILES string of the molecule is CN1CC(SCC(=O)O)C1. The fourth-order valence-electron chi connectivity index (χ4n) is 0.936. The summed E-state index contributed by atoms with van der Waals surface area (Å²) >= 11 is 1.53. The smallest absolute Gasteiger partial charge is 0.313 e. The quantitative estimate of drug-likeness (QED) is 0.638. The molecule has 0 atom stereocenters. The Kier molecular flexibility index (Phi) is 2.56. The van der Waals surface area contributed by atoms with E-state index in [0.29, 0.717) is 5.25 Å². The lowest BCUT2D eigenvalue weighted by Crippen LogP contribution is -2.46. The molecule has 0 aromatic rings. The van der Waals surface area contributed by atoms with E-state index in [9.17, 15) is 4.79 Å². The topological polar surface area (TPSA) is 40.5 Å². The molecular weight excluding hydrogens is 150 g/mol. The van der Waals surface area contributed by atoms with E-state index in [1.165, 1.54) is 11.8 Å². The number of hydrogen-bond acceptors (Lipinski definition) is 3. The van der Waals surface area contributed by atoms with Gasteiger partial charge in [-0.05, 0) is 7.05 Å². The van der Waals surface area contributed by atoms with Crippen molar-refractivity contribution in [2.45, 2.75) is 5.25 Å². The maximum atomic E-state index is 10.1. The molecule has 0 radical (unpaired) electrons. The number of carboxylic acids is 1. The Morgan fingerprint density at radius 3 is 2.80 bits per heavy atom. The van der Waals surface area contributed by atoms with Gasteiger partial charge in [0.25, 0.3) is 0 Å². The van der Waals surface area contributed by atoms with Crippen LogP contribution in [0.4, 0.5) is 0 Å². The van der Waals surface area contributed by atoms with Crippen molar-refractivity contribution in [3.8, 4) is 0 Å². The van der Waals surface area contributed by atoms with Gasteiger partial charge in [0, 0.05) is 18.3 Å². The third kappa shape index (κ3) is 2.19. The van der Waals surface area contributed by atoms with Gasteiger partial charge in [-0.1, -0.05) is 0 Å². The van der Waals surface area contributed by atoms with Crippen LogP contribution in [0.5, 0.6) is 0 Å². The molecular formula is C6H11NO2S. The summed E-state index contributed by atoms with van der Waals surface area (Å²) in [6.45, 7) is 2.08. The van der Waals surface area contributed by atoms with Gasteiger partial charge in [-0.25, -0.2) is 0 Å². The van der Waals surface area contributed by atoms with Crippen LogP contribution in [0.2, 0.25) is 0 Å². The first-order valence-corrected chi connectivity index (χ1v) is 4.25. The van der Waals surface area contributed by atoms with Crippen LogP contribution in [0.25, 0.3) is 0 Å². The Morgan fingerprint density at radius 2 is 2.40 bits per heavy atom. The number of rotatable bonds is 3. The normalized spacial score (nSPS) is 20.5. The number of thioether (sulfide) groups is 1. The lowest BCUT2D eigenvalue weighted by molar-refractivity contribution is -0.133. The molecule has 0 aliphatic carbocycles. The van der Waals surface area contributed by atoms with Gasteiger partial charge < -0.3 is 10.0 Å². The zero-order chi connectivity index (χ0) is 7.56. The third-order valence-corrected chi connectivity index (χ3v) is 2.66. The second-order valence-electron chi connectivity index (χ2n) is 2.55. The molecule has 1 aliphatic rings. The van der Waals surface area contributed by atoms with E-state index >= 15 is 0 Å². The molecule has 1 N–H and O–H groups in total. The first kappa shape index (κ1) is 7.88. The molecule has 0 amide bonds. The maximum Gasteiger partial charge on any atom is 0.313 e. The van der Waals surface area contributed by atoms with Crippen LogP contribution in [0.3, 0.4) is 0 Å². The predicted octanol–water partition coefficient (Wildman–Crippen LogP) is 0.118. The highest BCUT2D eigenvalue weighted by Gasteiger charge is 2.23. The number of nitrogens with zero attached hydrogens (tertiary/aromatic N) is 1. The van der Waals surface area contributed by atoms with E-state index in [1.54, 1.807) is 0 Å². The predicted molar refractivity (Wildman–Crippen MR) is 41.4 cm³/mol. The van der Waals surface area contributed by atoms with Crippen molar-refractivity contribution in [1.29, 1.82) is 0 Å². The standard InChI is InChI=1S/C6H11NO2S/c1-7-2-5(3-7)10-4-6(8)9/h5H,2-4H2,1H3,(H,8,9). The number of hydrogen-bond donors (Lipinski definition) is 1. The van der Waals surface area contributed by atoms with E-state index in [4.69, 9.17) is 5.11 Å². The minimum Gasteiger partial charge on any atom is -0.481 e. The van der Waals surface area contributed by atoms with Gasteiger partial charge in [0.1, 0.15) is 0 Å². The first-order chi connectivity index (χ1) is 4.68. The maximum absolute atomic E-state index is 10.1. The highest BCUT2D eigenvalue weighted by molar-refractivity contribution is 8.00. The molecule has 0 spiro atoms. The lowest BCUT2D eigenvalue weighted by atomic mass is 10.2. The average molecular weight is 161 g/mol. The Labute approximate surface area is 64.4 Å². The van der Waals surface area contributed by atoms with Crippen molar-refractivity contribution in [2.75, 3.05) is 25.9 Å². The van der Waals surface area contributed by atoms with Gasteiger partial charge >= 0.3 is 5.97 Å². The fraction of sp³-hybridized carbons (Fsp3) is 0.833. The molecule has 1 aliphatic heterocycles. The Morgan fingerprint density at radius 1 is 1.80 bits per heavy atom. The highest BCUT2D eigenvalue weighted by atomic mass is 32.2. The van der Waals surface area contributed by atoms with E-state index < -0.39 is 5.97 Å². The van der Waals surface area contributed by atoms with Crippen LogP contribution < -0.4 is 0 Å². The summed E-state index contributed by atoms with van der Waals surface area (Å²) in [7, 11) is 2.04. The summed E-state index contributed by atoms with van der Waals surface area (Å²) in [4.78, 5) is 12.3. The minimum absolute atomic E-state index is 0.249. The van der Waals surface area contributed by atoms with Gasteiger partial charge in [0.05, 0.1) is 5.75 Å². The molecule has 0 unspecified atom stereocenters. The van der Waals surface area contributed by atoms with Crippen LogP contribution in [-0.2, 0) is 4.79 Å². The molecule has 1 fully saturated rings. The molecule has 0 aromatic heterocycles. The number of likely N-dealkylation sites (tertiary alicyclic amines) is 1. The van der Waals surface area contributed by atoms with E-state index in [2.05, 4.69) is 4.90 Å². The van der Waals surface area contributed by atoms with Crippen LogP contribution >= 0.6 is 11.8 Å². The van der Waals surface area contributed by atoms with E-state index in [-0.39, 0.29) is 5.75 Å². The molecule has 0 saturated carbocycles. The highest BCUT2D eigenvalue weighted by Crippen LogP contribution is 2.19. The average Bonchev–Trinajstić information content (AvgIpc) is 1.77. The van der Waals surface area contributed by atoms with E-state index in [1.807, 2.05) is 7.05 Å². The molecule has 0 bridgehead atoms. The summed E-state index contributed by atoms with van der Waals surface area (Å²) in [6, 6.07) is 0. The summed E-state index contributed by atoms with van der Waals surface area (Å²) in [5.74, 6) is -0.460. The van der Waals surface area contributed by atoms with Crippen molar-refractivity contribution >= 4 is 17.7 Å². The molecule has 3 nitrogen and oxygen atoms in total. The Balaban J connectivity index is 2.00. The largest absolute Gasteiger partial charge is 0.481 e. The second-order valence-corrected chi connectivity index (χ2v) is 3.84. The van der Waals surface area contributed by atoms with E-state index in [0.717, 1.165) is 13.1 Å². The molecule has 1 rings (SSSR count). The zero-order valence-corrected chi connectivity index (χ0v) is 6.73. The van der Waals surface area contributed by atoms with Crippen molar-refractivity contribution in [3.63, 3.8) is 0 Å². The summed E-state index contributed by atoms with van der Waals surface area (Å²) in [5, 5.41) is 8.87. The lowest BCUT2D eigenvalue weighted by Gasteiger charge is -2.35. The summed E-state index contributed by atoms with van der Waals surface area (Å²) in [5.41, 5.74) is 0. The van der Waals surface area contributed by atoms with Gasteiger partial charge in [-0.15, -0.1) is 11.8 Å². The minimum atomic E-state index is -0.709. The van der Waals surface area contributed by atoms with Crippen molar-refractivity contribution < 1.29 is 9.90 Å².